The van der Waals surface area contributed by atoms with E-state index < -0.39 is 0 Å². The van der Waals surface area contributed by atoms with Crippen molar-refractivity contribution in [3.63, 3.8) is 0 Å². The molecule has 2 N–H and O–H groups in total. The van der Waals surface area contributed by atoms with Gasteiger partial charge in [0.25, 0.3) is 5.91 Å². The minimum atomic E-state index is -0.152. The van der Waals surface area contributed by atoms with Crippen LogP contribution in [-0.4, -0.2) is 38.3 Å². The molecule has 0 radical (unpaired) electrons. The molecule has 2 rings (SSSR count). The molecule has 26 heavy (non-hydrogen) atoms. The first-order valence-electron chi connectivity index (χ1n) is 8.35. The van der Waals surface area contributed by atoms with Gasteiger partial charge in [-0.15, -0.1) is 0 Å². The van der Waals surface area contributed by atoms with E-state index in [4.69, 9.17) is 14.2 Å². The molecular weight excluding hydrogens is 334 g/mol. The second-order valence-corrected chi connectivity index (χ2v) is 5.78. The van der Waals surface area contributed by atoms with Gasteiger partial charge in [0.1, 0.15) is 0 Å². The van der Waals surface area contributed by atoms with Crippen molar-refractivity contribution in [3.8, 4) is 17.2 Å². The number of amides is 1. The van der Waals surface area contributed by atoms with Gasteiger partial charge in [0.2, 0.25) is 5.75 Å². The topological polar surface area (TPSA) is 81.7 Å². The van der Waals surface area contributed by atoms with Crippen LogP contribution in [0.15, 0.2) is 30.6 Å². The summed E-state index contributed by atoms with van der Waals surface area (Å²) >= 11 is 0. The highest BCUT2D eigenvalue weighted by Crippen LogP contribution is 2.40. The van der Waals surface area contributed by atoms with E-state index in [0.29, 0.717) is 28.5 Å². The van der Waals surface area contributed by atoms with Crippen LogP contribution in [0.3, 0.4) is 0 Å². The molecule has 7 nitrogen and oxygen atoms in total. The van der Waals surface area contributed by atoms with Crippen molar-refractivity contribution in [1.29, 1.82) is 0 Å². The Morgan fingerprint density at radius 3 is 2.23 bits per heavy atom. The maximum atomic E-state index is 12.3. The highest BCUT2D eigenvalue weighted by Gasteiger charge is 2.14. The second kappa shape index (κ2) is 8.94. The normalized spacial score (nSPS) is 11.4. The van der Waals surface area contributed by atoms with Crippen LogP contribution in [0.2, 0.25) is 0 Å². The number of carbonyl (C=O) groups excluding carboxylic acids is 1. The van der Waals surface area contributed by atoms with Crippen molar-refractivity contribution >= 4 is 17.3 Å². The fourth-order valence-electron chi connectivity index (χ4n) is 2.36. The molecule has 0 aliphatic heterocycles. The van der Waals surface area contributed by atoms with Crippen molar-refractivity contribution in [2.24, 2.45) is 0 Å². The van der Waals surface area contributed by atoms with E-state index >= 15 is 0 Å². The van der Waals surface area contributed by atoms with Gasteiger partial charge in [-0.05, 0) is 19.4 Å². The molecule has 1 atom stereocenters. The van der Waals surface area contributed by atoms with E-state index in [0.717, 1.165) is 12.1 Å². The van der Waals surface area contributed by atoms with Crippen molar-refractivity contribution in [2.45, 2.75) is 26.3 Å². The zero-order valence-electron chi connectivity index (χ0n) is 15.8. The standard InChI is InChI=1S/C19H25N3O4/c1-6-12(2)21-19(23)13-7-15(11-20-10-13)22-14-8-16(24-3)18(26-5)17(9-14)25-4/h7-12,22H,6H2,1-5H3,(H,21,23). The Morgan fingerprint density at radius 1 is 1.04 bits per heavy atom. The molecule has 0 fully saturated rings. The molecule has 0 aliphatic carbocycles. The number of methoxy groups -OCH3 is 3. The van der Waals surface area contributed by atoms with Crippen LogP contribution in [-0.2, 0) is 0 Å². The van der Waals surface area contributed by atoms with Crippen molar-refractivity contribution in [2.75, 3.05) is 26.6 Å². The van der Waals surface area contributed by atoms with Gasteiger partial charge in [0.15, 0.2) is 11.5 Å². The number of nitrogens with zero attached hydrogens (tertiary/aromatic N) is 1. The maximum absolute atomic E-state index is 12.3. The molecular formula is C19H25N3O4. The highest BCUT2D eigenvalue weighted by atomic mass is 16.5. The summed E-state index contributed by atoms with van der Waals surface area (Å²) in [6.45, 7) is 3.98. The first kappa shape index (κ1) is 19.4. The number of nitrogens with one attached hydrogen (secondary N) is 2. The van der Waals surface area contributed by atoms with E-state index in [-0.39, 0.29) is 11.9 Å². The Kier molecular flexibility index (Phi) is 6.66. The van der Waals surface area contributed by atoms with E-state index in [9.17, 15) is 4.79 Å². The molecule has 0 saturated carbocycles. The van der Waals surface area contributed by atoms with Gasteiger partial charge in [0, 0.05) is 30.1 Å². The first-order chi connectivity index (χ1) is 12.5. The summed E-state index contributed by atoms with van der Waals surface area (Å²) in [6, 6.07) is 5.42. The predicted molar refractivity (Wildman–Crippen MR) is 101 cm³/mol. The Bertz CT molecular complexity index is 739. The number of anilines is 2. The molecule has 0 aliphatic rings. The van der Waals surface area contributed by atoms with Crippen LogP contribution >= 0.6 is 0 Å². The van der Waals surface area contributed by atoms with Gasteiger partial charge in [-0.2, -0.15) is 0 Å². The number of carbonyl (C=O) groups is 1. The summed E-state index contributed by atoms with van der Waals surface area (Å²) in [5, 5.41) is 6.13. The molecule has 0 bridgehead atoms. The number of ether oxygens (including phenoxy) is 3. The maximum Gasteiger partial charge on any atom is 0.253 e. The molecule has 0 spiro atoms. The van der Waals surface area contributed by atoms with Gasteiger partial charge >= 0.3 is 0 Å². The van der Waals surface area contributed by atoms with Crippen LogP contribution in [0.4, 0.5) is 11.4 Å². The minimum Gasteiger partial charge on any atom is -0.493 e. The molecule has 2 aromatic rings. The molecule has 7 heteroatoms. The zero-order chi connectivity index (χ0) is 19.1. The van der Waals surface area contributed by atoms with E-state index in [1.165, 1.54) is 6.20 Å². The quantitative estimate of drug-likeness (QED) is 0.752. The van der Waals surface area contributed by atoms with E-state index in [1.54, 1.807) is 45.7 Å². The third-order valence-electron chi connectivity index (χ3n) is 3.94. The van der Waals surface area contributed by atoms with Gasteiger partial charge < -0.3 is 24.8 Å². The Balaban J connectivity index is 2.26. The molecule has 1 heterocycles. The third kappa shape index (κ3) is 4.56. The molecule has 140 valence electrons. The van der Waals surface area contributed by atoms with Crippen molar-refractivity contribution < 1.29 is 19.0 Å². The fourth-order valence-corrected chi connectivity index (χ4v) is 2.36. The largest absolute Gasteiger partial charge is 0.493 e. The Hall–Kier alpha value is -2.96. The zero-order valence-corrected chi connectivity index (χ0v) is 15.8. The van der Waals surface area contributed by atoms with Crippen LogP contribution in [0, 0.1) is 0 Å². The summed E-state index contributed by atoms with van der Waals surface area (Å²) in [5.74, 6) is 1.43. The lowest BCUT2D eigenvalue weighted by atomic mass is 10.2. The lowest BCUT2D eigenvalue weighted by Crippen LogP contribution is -2.31. The van der Waals surface area contributed by atoms with Gasteiger partial charge in [-0.1, -0.05) is 6.92 Å². The molecule has 0 saturated heterocycles. The number of hydrogen-bond donors (Lipinski definition) is 2. The summed E-state index contributed by atoms with van der Waals surface area (Å²) in [5.41, 5.74) is 1.89. The molecule has 1 amide bonds. The first-order valence-corrected chi connectivity index (χ1v) is 8.35. The molecule has 1 unspecified atom stereocenters. The second-order valence-electron chi connectivity index (χ2n) is 5.78. The molecule has 1 aromatic carbocycles. The summed E-state index contributed by atoms with van der Waals surface area (Å²) in [6.07, 6.45) is 4.05. The lowest BCUT2D eigenvalue weighted by Gasteiger charge is -2.15. The minimum absolute atomic E-state index is 0.106. The number of pyridine rings is 1. The van der Waals surface area contributed by atoms with Crippen LogP contribution < -0.4 is 24.8 Å². The highest BCUT2D eigenvalue weighted by molar-refractivity contribution is 5.95. The fraction of sp³-hybridized carbons (Fsp3) is 0.368. The lowest BCUT2D eigenvalue weighted by molar-refractivity contribution is 0.0939. The summed E-state index contributed by atoms with van der Waals surface area (Å²) < 4.78 is 16.0. The SMILES string of the molecule is CCC(C)NC(=O)c1cncc(Nc2cc(OC)c(OC)c(OC)c2)c1. The average Bonchev–Trinajstić information content (AvgIpc) is 2.67. The Labute approximate surface area is 153 Å². The molecule has 1 aromatic heterocycles. The predicted octanol–water partition coefficient (Wildman–Crippen LogP) is 3.38. The summed E-state index contributed by atoms with van der Waals surface area (Å²) in [7, 11) is 4.67. The van der Waals surface area contributed by atoms with Gasteiger partial charge in [0.05, 0.1) is 38.8 Å². The average molecular weight is 359 g/mol. The van der Waals surface area contributed by atoms with Gasteiger partial charge in [-0.25, -0.2) is 0 Å². The Morgan fingerprint density at radius 2 is 1.69 bits per heavy atom. The van der Waals surface area contributed by atoms with E-state index in [2.05, 4.69) is 15.6 Å². The number of rotatable bonds is 8. The number of hydrogen-bond acceptors (Lipinski definition) is 6. The van der Waals surface area contributed by atoms with Crippen LogP contribution in [0.25, 0.3) is 0 Å². The number of aromatic nitrogens is 1. The smallest absolute Gasteiger partial charge is 0.253 e. The van der Waals surface area contributed by atoms with Crippen LogP contribution in [0.5, 0.6) is 17.2 Å². The van der Waals surface area contributed by atoms with Crippen molar-refractivity contribution in [3.05, 3.63) is 36.2 Å². The third-order valence-corrected chi connectivity index (χ3v) is 3.94. The summed E-state index contributed by atoms with van der Waals surface area (Å²) in [4.78, 5) is 16.4. The van der Waals surface area contributed by atoms with Crippen molar-refractivity contribution in [1.82, 2.24) is 10.3 Å². The van der Waals surface area contributed by atoms with E-state index in [1.807, 2.05) is 13.8 Å². The monoisotopic (exact) mass is 359 g/mol. The van der Waals surface area contributed by atoms with Gasteiger partial charge in [-0.3, -0.25) is 9.78 Å². The van der Waals surface area contributed by atoms with Crippen LogP contribution in [0.1, 0.15) is 30.6 Å². The number of benzene rings is 1.